The van der Waals surface area contributed by atoms with Crippen LogP contribution in [0, 0.1) is 0 Å². The van der Waals surface area contributed by atoms with Gasteiger partial charge in [-0.2, -0.15) is 15.4 Å². The summed E-state index contributed by atoms with van der Waals surface area (Å²) in [5.41, 5.74) is 1.42. The summed E-state index contributed by atoms with van der Waals surface area (Å²) in [5.74, 6) is -0.366. The Balaban J connectivity index is 2.18. The fourth-order valence-corrected chi connectivity index (χ4v) is 1.28. The zero-order valence-electron chi connectivity index (χ0n) is 8.34. The first-order valence-corrected chi connectivity index (χ1v) is 4.67. The van der Waals surface area contributed by atoms with E-state index in [4.69, 9.17) is 5.11 Å². The average molecular weight is 218 g/mol. The third-order valence-electron chi connectivity index (χ3n) is 2.08. The number of anilines is 1. The van der Waals surface area contributed by atoms with Gasteiger partial charge in [-0.25, -0.2) is 0 Å². The van der Waals surface area contributed by atoms with E-state index >= 15 is 0 Å². The van der Waals surface area contributed by atoms with E-state index in [2.05, 4.69) is 20.7 Å². The number of amides is 1. The lowest BCUT2D eigenvalue weighted by molar-refractivity contribution is 0.102. The van der Waals surface area contributed by atoms with Crippen LogP contribution in [-0.2, 0) is 6.61 Å². The van der Waals surface area contributed by atoms with Crippen molar-refractivity contribution in [2.75, 3.05) is 5.32 Å². The summed E-state index contributed by atoms with van der Waals surface area (Å²) in [6, 6.07) is 7.01. The lowest BCUT2D eigenvalue weighted by atomic mass is 10.2. The van der Waals surface area contributed by atoms with E-state index in [-0.39, 0.29) is 18.2 Å². The highest BCUT2D eigenvalue weighted by molar-refractivity contribution is 6.02. The third kappa shape index (κ3) is 2.06. The van der Waals surface area contributed by atoms with Crippen LogP contribution in [0.2, 0.25) is 0 Å². The molecule has 0 saturated carbocycles. The van der Waals surface area contributed by atoms with E-state index in [1.54, 1.807) is 24.3 Å². The first kappa shape index (κ1) is 10.3. The SMILES string of the molecule is O=C(Nc1ccccc1CO)c1cn[nH]n1. The molecule has 6 heteroatoms. The van der Waals surface area contributed by atoms with Gasteiger partial charge in [0.1, 0.15) is 0 Å². The first-order valence-electron chi connectivity index (χ1n) is 4.67. The van der Waals surface area contributed by atoms with Crippen LogP contribution in [0.1, 0.15) is 16.1 Å². The van der Waals surface area contributed by atoms with Crippen molar-refractivity contribution in [2.45, 2.75) is 6.61 Å². The van der Waals surface area contributed by atoms with Crippen LogP contribution < -0.4 is 5.32 Å². The number of aromatic nitrogens is 3. The standard InChI is InChI=1S/C10H10N4O2/c15-6-7-3-1-2-4-8(7)12-10(16)9-5-11-14-13-9/h1-5,15H,6H2,(H,12,16)(H,11,13,14). The second-order valence-electron chi connectivity index (χ2n) is 3.12. The fourth-order valence-electron chi connectivity index (χ4n) is 1.28. The minimum absolute atomic E-state index is 0.130. The maximum absolute atomic E-state index is 11.6. The summed E-state index contributed by atoms with van der Waals surface area (Å²) in [6.45, 7) is -0.130. The number of para-hydroxylation sites is 1. The molecule has 16 heavy (non-hydrogen) atoms. The van der Waals surface area contributed by atoms with Gasteiger partial charge >= 0.3 is 0 Å². The Kier molecular flexibility index (Phi) is 2.93. The molecule has 0 radical (unpaired) electrons. The Hall–Kier alpha value is -2.21. The maximum Gasteiger partial charge on any atom is 0.277 e. The van der Waals surface area contributed by atoms with E-state index in [9.17, 15) is 4.79 Å². The van der Waals surface area contributed by atoms with E-state index in [1.165, 1.54) is 6.20 Å². The molecule has 0 aliphatic rings. The number of carbonyl (C=O) groups excluding carboxylic acids is 1. The lowest BCUT2D eigenvalue weighted by Crippen LogP contribution is -2.13. The number of rotatable bonds is 3. The average Bonchev–Trinajstić information content (AvgIpc) is 2.83. The Morgan fingerprint density at radius 3 is 2.94 bits per heavy atom. The Labute approximate surface area is 91.3 Å². The molecule has 0 unspecified atom stereocenters. The molecule has 82 valence electrons. The molecule has 2 rings (SSSR count). The Bertz CT molecular complexity index is 481. The van der Waals surface area contributed by atoms with Crippen LogP contribution in [0.4, 0.5) is 5.69 Å². The highest BCUT2D eigenvalue weighted by atomic mass is 16.3. The van der Waals surface area contributed by atoms with Crippen molar-refractivity contribution >= 4 is 11.6 Å². The van der Waals surface area contributed by atoms with E-state index in [1.807, 2.05) is 0 Å². The van der Waals surface area contributed by atoms with Crippen LogP contribution in [0.15, 0.2) is 30.5 Å². The Morgan fingerprint density at radius 2 is 2.25 bits per heavy atom. The molecule has 1 heterocycles. The van der Waals surface area contributed by atoms with Crippen LogP contribution in [0.25, 0.3) is 0 Å². The normalized spacial score (nSPS) is 10.1. The summed E-state index contributed by atoms with van der Waals surface area (Å²) in [7, 11) is 0. The molecule has 0 aliphatic carbocycles. The van der Waals surface area contributed by atoms with Crippen LogP contribution in [0.3, 0.4) is 0 Å². The Morgan fingerprint density at radius 1 is 1.44 bits per heavy atom. The van der Waals surface area contributed by atoms with Gasteiger partial charge < -0.3 is 10.4 Å². The van der Waals surface area contributed by atoms with Crippen molar-refractivity contribution in [3.05, 3.63) is 41.7 Å². The number of aliphatic hydroxyl groups excluding tert-OH is 1. The van der Waals surface area contributed by atoms with Gasteiger partial charge in [0.2, 0.25) is 0 Å². The van der Waals surface area contributed by atoms with Crippen molar-refractivity contribution in [3.63, 3.8) is 0 Å². The zero-order chi connectivity index (χ0) is 11.4. The monoisotopic (exact) mass is 218 g/mol. The molecule has 0 saturated heterocycles. The topological polar surface area (TPSA) is 90.9 Å². The molecule has 0 spiro atoms. The van der Waals surface area contributed by atoms with Gasteiger partial charge in [0.25, 0.3) is 5.91 Å². The summed E-state index contributed by atoms with van der Waals surface area (Å²) in [4.78, 5) is 11.6. The summed E-state index contributed by atoms with van der Waals surface area (Å²) in [6.07, 6.45) is 1.33. The molecule has 0 aliphatic heterocycles. The molecule has 1 amide bonds. The molecular formula is C10H10N4O2. The van der Waals surface area contributed by atoms with Crippen molar-refractivity contribution in [1.29, 1.82) is 0 Å². The summed E-state index contributed by atoms with van der Waals surface area (Å²) >= 11 is 0. The van der Waals surface area contributed by atoms with Crippen molar-refractivity contribution in [3.8, 4) is 0 Å². The van der Waals surface area contributed by atoms with Crippen LogP contribution in [-0.4, -0.2) is 26.4 Å². The molecule has 6 nitrogen and oxygen atoms in total. The highest BCUT2D eigenvalue weighted by Crippen LogP contribution is 2.15. The van der Waals surface area contributed by atoms with Crippen molar-refractivity contribution in [2.24, 2.45) is 0 Å². The molecule has 1 aromatic heterocycles. The van der Waals surface area contributed by atoms with Gasteiger partial charge in [-0.05, 0) is 6.07 Å². The molecule has 1 aromatic carbocycles. The highest BCUT2D eigenvalue weighted by Gasteiger charge is 2.10. The number of hydrogen-bond acceptors (Lipinski definition) is 4. The molecular weight excluding hydrogens is 208 g/mol. The van der Waals surface area contributed by atoms with Gasteiger partial charge in [-0.15, -0.1) is 0 Å². The fraction of sp³-hybridized carbons (Fsp3) is 0.100. The van der Waals surface area contributed by atoms with Crippen molar-refractivity contribution < 1.29 is 9.90 Å². The molecule has 0 atom stereocenters. The quantitative estimate of drug-likeness (QED) is 0.701. The number of carbonyl (C=O) groups is 1. The molecule has 2 aromatic rings. The van der Waals surface area contributed by atoms with Gasteiger partial charge in [-0.3, -0.25) is 4.79 Å². The smallest absolute Gasteiger partial charge is 0.277 e. The first-order chi connectivity index (χ1) is 7.81. The number of hydrogen-bond donors (Lipinski definition) is 3. The van der Waals surface area contributed by atoms with E-state index < -0.39 is 0 Å². The lowest BCUT2D eigenvalue weighted by Gasteiger charge is -2.07. The van der Waals surface area contributed by atoms with Gasteiger partial charge in [0, 0.05) is 11.3 Å². The predicted molar refractivity (Wildman–Crippen MR) is 56.7 cm³/mol. The number of H-pyrrole nitrogens is 1. The molecule has 0 bridgehead atoms. The zero-order valence-corrected chi connectivity index (χ0v) is 8.34. The second kappa shape index (κ2) is 4.54. The number of nitrogens with one attached hydrogen (secondary N) is 2. The number of aliphatic hydroxyl groups is 1. The largest absolute Gasteiger partial charge is 0.392 e. The third-order valence-corrected chi connectivity index (χ3v) is 2.08. The minimum atomic E-state index is -0.366. The molecule has 3 N–H and O–H groups in total. The summed E-state index contributed by atoms with van der Waals surface area (Å²) < 4.78 is 0. The second-order valence-corrected chi connectivity index (χ2v) is 3.12. The van der Waals surface area contributed by atoms with Gasteiger partial charge in [0.15, 0.2) is 5.69 Å². The van der Waals surface area contributed by atoms with E-state index in [0.717, 1.165) is 0 Å². The van der Waals surface area contributed by atoms with E-state index in [0.29, 0.717) is 11.3 Å². The summed E-state index contributed by atoms with van der Waals surface area (Å²) in [5, 5.41) is 21.3. The van der Waals surface area contributed by atoms with Crippen LogP contribution in [0.5, 0.6) is 0 Å². The maximum atomic E-state index is 11.6. The minimum Gasteiger partial charge on any atom is -0.392 e. The number of benzene rings is 1. The van der Waals surface area contributed by atoms with Gasteiger partial charge in [0.05, 0.1) is 12.8 Å². The number of aromatic amines is 1. The predicted octanol–water partition coefficient (Wildman–Crippen LogP) is 0.549. The number of nitrogens with zero attached hydrogens (tertiary/aromatic N) is 2. The molecule has 0 fully saturated rings. The van der Waals surface area contributed by atoms with Crippen molar-refractivity contribution in [1.82, 2.24) is 15.4 Å². The van der Waals surface area contributed by atoms with Gasteiger partial charge in [-0.1, -0.05) is 18.2 Å². The van der Waals surface area contributed by atoms with Crippen LogP contribution >= 0.6 is 0 Å².